The van der Waals surface area contributed by atoms with E-state index in [0.717, 1.165) is 25.0 Å². The summed E-state index contributed by atoms with van der Waals surface area (Å²) < 4.78 is 43.8. The second-order valence-corrected chi connectivity index (χ2v) is 7.83. The second kappa shape index (κ2) is 10.7. The number of aliphatic carboxylic acids is 1. The third-order valence-electron chi connectivity index (χ3n) is 5.13. The Morgan fingerprint density at radius 3 is 2.74 bits per heavy atom. The quantitative estimate of drug-likeness (QED) is 0.736. The molecule has 0 aromatic carbocycles. The molecule has 2 atom stereocenters. The molecule has 2 fully saturated rings. The molecule has 1 aliphatic heterocycles. The van der Waals surface area contributed by atoms with Gasteiger partial charge in [0.25, 0.3) is 0 Å². The Morgan fingerprint density at radius 2 is 2.16 bits per heavy atom. The van der Waals surface area contributed by atoms with Crippen LogP contribution in [-0.2, 0) is 9.53 Å². The molecule has 2 N–H and O–H groups in total. The summed E-state index contributed by atoms with van der Waals surface area (Å²) in [5.74, 6) is -1.68. The first-order valence-corrected chi connectivity index (χ1v) is 10.1. The standard InChI is InChI=1S/C18H27N3O3.C2HF3O2/c1-14(2)20-17(22)21-9-10-24-18(13-21)7-3-5-15(18)12-23-16-6-4-8-19-11-16;3-2(4,5)1(6)7/h4,6,8,11,14-15H,3,5,7,9-10,12-13H2,1-2H3,(H,20,22);(H,6,7)/t15-,18-;/m1./s1. The summed E-state index contributed by atoms with van der Waals surface area (Å²) in [6.07, 6.45) is 1.55. The monoisotopic (exact) mass is 447 g/mol. The zero-order valence-electron chi connectivity index (χ0n) is 17.5. The summed E-state index contributed by atoms with van der Waals surface area (Å²) in [6, 6.07) is 3.93. The van der Waals surface area contributed by atoms with Crippen LogP contribution in [0.3, 0.4) is 0 Å². The lowest BCUT2D eigenvalue weighted by Crippen LogP contribution is -2.58. The van der Waals surface area contributed by atoms with Crippen LogP contribution >= 0.6 is 0 Å². The lowest BCUT2D eigenvalue weighted by molar-refractivity contribution is -0.192. The van der Waals surface area contributed by atoms with Gasteiger partial charge in [-0.1, -0.05) is 0 Å². The minimum absolute atomic E-state index is 0.00602. The molecule has 0 bridgehead atoms. The van der Waals surface area contributed by atoms with Crippen molar-refractivity contribution in [2.45, 2.75) is 50.9 Å². The van der Waals surface area contributed by atoms with E-state index in [-0.39, 0.29) is 17.7 Å². The fourth-order valence-electron chi connectivity index (χ4n) is 3.70. The van der Waals surface area contributed by atoms with Crippen molar-refractivity contribution in [3.8, 4) is 5.75 Å². The number of rotatable bonds is 4. The predicted molar refractivity (Wildman–Crippen MR) is 105 cm³/mol. The first-order valence-electron chi connectivity index (χ1n) is 10.1. The first-order chi connectivity index (χ1) is 14.5. The number of amides is 2. The zero-order valence-corrected chi connectivity index (χ0v) is 17.5. The van der Waals surface area contributed by atoms with Crippen LogP contribution < -0.4 is 10.1 Å². The van der Waals surface area contributed by atoms with Crippen LogP contribution in [0, 0.1) is 5.92 Å². The van der Waals surface area contributed by atoms with E-state index in [1.165, 1.54) is 0 Å². The van der Waals surface area contributed by atoms with Crippen LogP contribution in [0.25, 0.3) is 0 Å². The van der Waals surface area contributed by atoms with Gasteiger partial charge in [0.2, 0.25) is 0 Å². The van der Waals surface area contributed by atoms with Crippen molar-refractivity contribution in [1.82, 2.24) is 15.2 Å². The highest BCUT2D eigenvalue weighted by atomic mass is 19.4. The Bertz CT molecular complexity index is 733. The highest BCUT2D eigenvalue weighted by Crippen LogP contribution is 2.41. The molecule has 1 saturated heterocycles. The molecule has 8 nitrogen and oxygen atoms in total. The number of carbonyl (C=O) groups excluding carboxylic acids is 1. The minimum atomic E-state index is -5.08. The van der Waals surface area contributed by atoms with Gasteiger partial charge in [-0.25, -0.2) is 9.59 Å². The molecule has 2 heterocycles. The van der Waals surface area contributed by atoms with Gasteiger partial charge in [0.05, 0.1) is 31.6 Å². The number of halogens is 3. The van der Waals surface area contributed by atoms with Gasteiger partial charge in [0, 0.05) is 24.7 Å². The summed E-state index contributed by atoms with van der Waals surface area (Å²) in [4.78, 5) is 27.2. The van der Waals surface area contributed by atoms with Crippen molar-refractivity contribution in [3.63, 3.8) is 0 Å². The van der Waals surface area contributed by atoms with Gasteiger partial charge < -0.3 is 24.8 Å². The van der Waals surface area contributed by atoms with Crippen molar-refractivity contribution in [2.75, 3.05) is 26.3 Å². The molecule has 3 rings (SSSR count). The van der Waals surface area contributed by atoms with Gasteiger partial charge >= 0.3 is 18.2 Å². The fraction of sp³-hybridized carbons (Fsp3) is 0.650. The number of alkyl halides is 3. The van der Waals surface area contributed by atoms with Gasteiger partial charge in [-0.15, -0.1) is 0 Å². The number of ether oxygens (including phenoxy) is 2. The molecular formula is C20H28F3N3O5. The Kier molecular flexibility index (Phi) is 8.49. The molecule has 1 aliphatic carbocycles. The molecular weight excluding hydrogens is 419 g/mol. The van der Waals surface area contributed by atoms with E-state index in [1.807, 2.05) is 30.9 Å². The Balaban J connectivity index is 0.000000423. The average Bonchev–Trinajstić information content (AvgIpc) is 3.08. The molecule has 1 aromatic heterocycles. The molecule has 1 spiro atoms. The Labute approximate surface area is 178 Å². The van der Waals surface area contributed by atoms with E-state index < -0.39 is 12.1 Å². The van der Waals surface area contributed by atoms with E-state index in [9.17, 15) is 18.0 Å². The molecule has 0 unspecified atom stereocenters. The van der Waals surface area contributed by atoms with E-state index in [2.05, 4.69) is 10.3 Å². The number of hydrogen-bond acceptors (Lipinski definition) is 5. The van der Waals surface area contributed by atoms with Crippen molar-refractivity contribution in [3.05, 3.63) is 24.5 Å². The van der Waals surface area contributed by atoms with Crippen molar-refractivity contribution in [2.24, 2.45) is 5.92 Å². The number of carboxylic acid groups (broad SMARTS) is 1. The van der Waals surface area contributed by atoms with Crippen LogP contribution in [-0.4, -0.2) is 71.1 Å². The molecule has 1 aromatic rings. The maximum Gasteiger partial charge on any atom is 0.490 e. The van der Waals surface area contributed by atoms with Crippen molar-refractivity contribution in [1.29, 1.82) is 0 Å². The third-order valence-corrected chi connectivity index (χ3v) is 5.13. The number of carbonyl (C=O) groups is 2. The molecule has 174 valence electrons. The number of nitrogens with one attached hydrogen (secondary N) is 1. The molecule has 31 heavy (non-hydrogen) atoms. The van der Waals surface area contributed by atoms with Crippen LogP contribution in [0.4, 0.5) is 18.0 Å². The average molecular weight is 447 g/mol. The molecule has 2 aliphatic rings. The van der Waals surface area contributed by atoms with Gasteiger partial charge in [0.15, 0.2) is 0 Å². The smallest absolute Gasteiger partial charge is 0.490 e. The van der Waals surface area contributed by atoms with Crippen LogP contribution in [0.5, 0.6) is 5.75 Å². The maximum atomic E-state index is 12.4. The second-order valence-electron chi connectivity index (χ2n) is 7.83. The van der Waals surface area contributed by atoms with E-state index in [4.69, 9.17) is 19.4 Å². The predicted octanol–water partition coefficient (Wildman–Crippen LogP) is 3.08. The Morgan fingerprint density at radius 1 is 1.45 bits per heavy atom. The summed E-state index contributed by atoms with van der Waals surface area (Å²) in [5.41, 5.74) is -0.269. The molecule has 2 amide bonds. The maximum absolute atomic E-state index is 12.4. The highest BCUT2D eigenvalue weighted by molar-refractivity contribution is 5.74. The van der Waals surface area contributed by atoms with Gasteiger partial charge in [-0.05, 0) is 45.2 Å². The number of pyridine rings is 1. The van der Waals surface area contributed by atoms with E-state index >= 15 is 0 Å². The first kappa shape index (κ1) is 24.7. The van der Waals surface area contributed by atoms with Crippen LogP contribution in [0.2, 0.25) is 0 Å². The largest absolute Gasteiger partial charge is 0.492 e. The van der Waals surface area contributed by atoms with Gasteiger partial charge in [0.1, 0.15) is 5.75 Å². The zero-order chi connectivity index (χ0) is 23.1. The van der Waals surface area contributed by atoms with Crippen molar-refractivity contribution >= 4 is 12.0 Å². The number of hydrogen-bond donors (Lipinski definition) is 2. The summed E-state index contributed by atoms with van der Waals surface area (Å²) in [7, 11) is 0. The van der Waals surface area contributed by atoms with Crippen molar-refractivity contribution < 1.29 is 37.3 Å². The third kappa shape index (κ3) is 7.27. The van der Waals surface area contributed by atoms with E-state index in [1.54, 1.807) is 12.4 Å². The number of urea groups is 1. The van der Waals surface area contributed by atoms with Gasteiger partial charge in [-0.3, -0.25) is 4.98 Å². The highest BCUT2D eigenvalue weighted by Gasteiger charge is 2.48. The summed E-state index contributed by atoms with van der Waals surface area (Å²) in [5, 5.41) is 10.1. The van der Waals surface area contributed by atoms with Crippen LogP contribution in [0.1, 0.15) is 33.1 Å². The lowest BCUT2D eigenvalue weighted by Gasteiger charge is -2.44. The summed E-state index contributed by atoms with van der Waals surface area (Å²) >= 11 is 0. The lowest BCUT2D eigenvalue weighted by atomic mass is 9.89. The molecule has 0 radical (unpaired) electrons. The minimum Gasteiger partial charge on any atom is -0.492 e. The number of nitrogens with zero attached hydrogens (tertiary/aromatic N) is 2. The topological polar surface area (TPSA) is 101 Å². The number of morpholine rings is 1. The molecule has 11 heteroatoms. The fourth-order valence-corrected chi connectivity index (χ4v) is 3.70. The Hall–Kier alpha value is -2.56. The summed E-state index contributed by atoms with van der Waals surface area (Å²) in [6.45, 7) is 6.45. The van der Waals surface area contributed by atoms with E-state index in [0.29, 0.717) is 32.2 Å². The normalized spacial score (nSPS) is 23.3. The molecule has 1 saturated carbocycles. The van der Waals surface area contributed by atoms with Crippen LogP contribution in [0.15, 0.2) is 24.5 Å². The number of aromatic nitrogens is 1. The number of carboxylic acids is 1. The van der Waals surface area contributed by atoms with Gasteiger partial charge in [-0.2, -0.15) is 13.2 Å². The SMILES string of the molecule is CC(C)NC(=O)N1CCO[C@]2(CCC[C@@H]2COc2cccnc2)C1.O=C(O)C(F)(F)F.